The Hall–Kier alpha value is -3.32. The van der Waals surface area contributed by atoms with Gasteiger partial charge in [-0.15, -0.1) is 0 Å². The zero-order valence-electron chi connectivity index (χ0n) is 20.4. The largest absolute Gasteiger partial charge is 0.327 e. The number of carbonyl (C=O) groups excluding carboxylic acids is 2. The van der Waals surface area contributed by atoms with Crippen LogP contribution in [0.4, 0.5) is 4.79 Å². The molecule has 0 radical (unpaired) electrons. The fraction of sp³-hybridized carbons (Fsp3) is 0.429. The average Bonchev–Trinajstić information content (AvgIpc) is 3.37. The van der Waals surface area contributed by atoms with Crippen LogP contribution in [-0.2, 0) is 24.2 Å². The van der Waals surface area contributed by atoms with E-state index >= 15 is 0 Å². The first kappa shape index (κ1) is 22.2. The Kier molecular flexibility index (Phi) is 5.33. The lowest BCUT2D eigenvalue weighted by molar-refractivity contribution is -0.137. The summed E-state index contributed by atoms with van der Waals surface area (Å²) in [5.74, 6) is 0.00323. The van der Waals surface area contributed by atoms with E-state index in [-0.39, 0.29) is 18.0 Å². The highest BCUT2D eigenvalue weighted by Crippen LogP contribution is 2.40. The third-order valence-electron chi connectivity index (χ3n) is 8.18. The molecule has 1 aromatic heterocycles. The first-order valence-electron chi connectivity index (χ1n) is 12.7. The van der Waals surface area contributed by atoms with Crippen LogP contribution in [0, 0.1) is 6.92 Å². The van der Waals surface area contributed by atoms with Crippen molar-refractivity contribution in [1.29, 1.82) is 0 Å². The molecule has 1 spiro atoms. The highest BCUT2D eigenvalue weighted by molar-refractivity contribution is 6.07. The summed E-state index contributed by atoms with van der Waals surface area (Å²) in [6.45, 7) is 6.76. The van der Waals surface area contributed by atoms with Crippen molar-refractivity contribution in [3.63, 3.8) is 0 Å². The molecule has 2 aromatic carbocycles. The van der Waals surface area contributed by atoms with Crippen molar-refractivity contribution >= 4 is 23.0 Å². The molecule has 35 heavy (non-hydrogen) atoms. The fourth-order valence-corrected chi connectivity index (χ4v) is 6.27. The van der Waals surface area contributed by atoms with Crippen LogP contribution in [0.25, 0.3) is 11.0 Å². The van der Waals surface area contributed by atoms with Crippen molar-refractivity contribution < 1.29 is 9.59 Å². The van der Waals surface area contributed by atoms with Gasteiger partial charge in [0.15, 0.2) is 0 Å². The molecule has 2 fully saturated rings. The monoisotopic (exact) mass is 469 g/mol. The van der Waals surface area contributed by atoms with E-state index in [0.29, 0.717) is 25.9 Å². The number of urea groups is 1. The van der Waals surface area contributed by atoms with Crippen LogP contribution < -0.4 is 0 Å². The minimum atomic E-state index is -0.721. The molecular formula is C28H31N5O2. The fourth-order valence-electron chi connectivity index (χ4n) is 6.27. The van der Waals surface area contributed by atoms with Crippen LogP contribution in [0.1, 0.15) is 42.3 Å². The molecule has 3 heterocycles. The summed E-state index contributed by atoms with van der Waals surface area (Å²) in [6.07, 6.45) is 2.82. The van der Waals surface area contributed by atoms with Crippen LogP contribution in [0.15, 0.2) is 48.5 Å². The van der Waals surface area contributed by atoms with Gasteiger partial charge in [0, 0.05) is 32.2 Å². The highest BCUT2D eigenvalue weighted by atomic mass is 16.2. The predicted molar refractivity (Wildman–Crippen MR) is 134 cm³/mol. The SMILES string of the molecule is CCN1C(=O)N(C2Cc3ccccc3C2)C(=O)C12CCN(Cc1nc3ccccc3nc1C)CC2. The van der Waals surface area contributed by atoms with Crippen molar-refractivity contribution in [2.75, 3.05) is 19.6 Å². The molecular weight excluding hydrogens is 438 g/mol. The van der Waals surface area contributed by atoms with Gasteiger partial charge < -0.3 is 4.90 Å². The Morgan fingerprint density at radius 2 is 1.51 bits per heavy atom. The molecule has 7 nitrogen and oxygen atoms in total. The second-order valence-electron chi connectivity index (χ2n) is 10.1. The lowest BCUT2D eigenvalue weighted by Crippen LogP contribution is -2.56. The summed E-state index contributed by atoms with van der Waals surface area (Å²) in [6, 6.07) is 16.1. The number of amides is 3. The van der Waals surface area contributed by atoms with E-state index in [1.54, 1.807) is 4.90 Å². The molecule has 0 unspecified atom stereocenters. The first-order chi connectivity index (χ1) is 17.0. The molecule has 180 valence electrons. The van der Waals surface area contributed by atoms with Gasteiger partial charge in [0.05, 0.1) is 22.4 Å². The number of hydrogen-bond donors (Lipinski definition) is 0. The predicted octanol–water partition coefficient (Wildman–Crippen LogP) is 3.72. The number of fused-ring (bicyclic) bond motifs is 2. The Labute approximate surface area is 205 Å². The number of para-hydroxylation sites is 2. The molecule has 7 heteroatoms. The van der Waals surface area contributed by atoms with E-state index < -0.39 is 5.54 Å². The van der Waals surface area contributed by atoms with E-state index in [1.165, 1.54) is 11.1 Å². The minimum absolute atomic E-state index is 0.00323. The van der Waals surface area contributed by atoms with Crippen LogP contribution in [0.2, 0.25) is 0 Å². The normalized spacial score (nSPS) is 20.4. The molecule has 0 bridgehead atoms. The summed E-state index contributed by atoms with van der Waals surface area (Å²) in [4.78, 5) is 42.8. The van der Waals surface area contributed by atoms with Crippen molar-refractivity contribution in [3.8, 4) is 0 Å². The minimum Gasteiger partial charge on any atom is -0.310 e. The number of likely N-dealkylation sites (N-methyl/N-ethyl adjacent to an activating group) is 1. The van der Waals surface area contributed by atoms with Gasteiger partial charge in [-0.05, 0) is 62.8 Å². The maximum absolute atomic E-state index is 13.9. The van der Waals surface area contributed by atoms with E-state index in [4.69, 9.17) is 9.97 Å². The molecule has 2 saturated heterocycles. The first-order valence-corrected chi connectivity index (χ1v) is 12.7. The number of rotatable bonds is 4. The topological polar surface area (TPSA) is 69.6 Å². The summed E-state index contributed by atoms with van der Waals surface area (Å²) in [5, 5.41) is 0. The number of nitrogens with zero attached hydrogens (tertiary/aromatic N) is 5. The maximum Gasteiger partial charge on any atom is 0.327 e. The number of benzene rings is 2. The van der Waals surface area contributed by atoms with Crippen molar-refractivity contribution in [3.05, 3.63) is 71.0 Å². The lowest BCUT2D eigenvalue weighted by atomic mass is 9.85. The molecule has 0 N–H and O–H groups in total. The van der Waals surface area contributed by atoms with E-state index in [0.717, 1.165) is 48.4 Å². The van der Waals surface area contributed by atoms with Gasteiger partial charge in [0.2, 0.25) is 0 Å². The van der Waals surface area contributed by atoms with Crippen LogP contribution in [-0.4, -0.2) is 67.8 Å². The number of carbonyl (C=O) groups is 2. The molecule has 3 amide bonds. The number of piperidine rings is 1. The summed E-state index contributed by atoms with van der Waals surface area (Å²) >= 11 is 0. The van der Waals surface area contributed by atoms with E-state index in [1.807, 2.05) is 55.1 Å². The van der Waals surface area contributed by atoms with Gasteiger partial charge in [-0.1, -0.05) is 36.4 Å². The maximum atomic E-state index is 13.9. The Morgan fingerprint density at radius 1 is 0.914 bits per heavy atom. The quantitative estimate of drug-likeness (QED) is 0.545. The zero-order valence-corrected chi connectivity index (χ0v) is 20.4. The van der Waals surface area contributed by atoms with Crippen LogP contribution >= 0.6 is 0 Å². The summed E-state index contributed by atoms with van der Waals surface area (Å²) < 4.78 is 0. The van der Waals surface area contributed by atoms with Crippen LogP contribution in [0.3, 0.4) is 0 Å². The lowest BCUT2D eigenvalue weighted by Gasteiger charge is -2.41. The molecule has 1 aliphatic carbocycles. The van der Waals surface area contributed by atoms with Gasteiger partial charge in [-0.2, -0.15) is 0 Å². The molecule has 0 saturated carbocycles. The molecule has 0 atom stereocenters. The van der Waals surface area contributed by atoms with Gasteiger partial charge in [0.1, 0.15) is 5.54 Å². The standard InChI is InChI=1S/C28H31N5O2/c1-3-32-27(35)33(22-16-20-8-4-5-9-21(20)17-22)26(34)28(32)12-14-31(15-13-28)18-25-19(2)29-23-10-6-7-11-24(23)30-25/h4-11,22H,3,12-18H2,1-2H3. The number of aromatic nitrogens is 2. The van der Waals surface area contributed by atoms with Crippen molar-refractivity contribution in [1.82, 2.24) is 24.7 Å². The molecule has 3 aromatic rings. The third-order valence-corrected chi connectivity index (χ3v) is 8.18. The molecule has 2 aliphatic heterocycles. The molecule has 3 aliphatic rings. The van der Waals surface area contributed by atoms with E-state index in [9.17, 15) is 9.59 Å². The number of aryl methyl sites for hydroxylation is 1. The Morgan fingerprint density at radius 3 is 2.14 bits per heavy atom. The van der Waals surface area contributed by atoms with E-state index in [2.05, 4.69) is 17.0 Å². The van der Waals surface area contributed by atoms with Gasteiger partial charge in [0.25, 0.3) is 5.91 Å². The van der Waals surface area contributed by atoms with Crippen molar-refractivity contribution in [2.24, 2.45) is 0 Å². The molecule has 6 rings (SSSR count). The van der Waals surface area contributed by atoms with Crippen molar-refractivity contribution in [2.45, 2.75) is 57.7 Å². The number of imide groups is 1. The van der Waals surface area contributed by atoms with Gasteiger partial charge >= 0.3 is 6.03 Å². The Balaban J connectivity index is 1.19. The third kappa shape index (κ3) is 3.52. The number of likely N-dealkylation sites (tertiary alicyclic amines) is 1. The van der Waals surface area contributed by atoms with Crippen LogP contribution in [0.5, 0.6) is 0 Å². The average molecular weight is 470 g/mol. The Bertz CT molecular complexity index is 1290. The second kappa shape index (κ2) is 8.41. The smallest absolute Gasteiger partial charge is 0.310 e. The van der Waals surface area contributed by atoms with Gasteiger partial charge in [-0.25, -0.2) is 14.8 Å². The second-order valence-corrected chi connectivity index (χ2v) is 10.1. The summed E-state index contributed by atoms with van der Waals surface area (Å²) in [7, 11) is 0. The zero-order chi connectivity index (χ0) is 24.2. The summed E-state index contributed by atoms with van der Waals surface area (Å²) in [5.41, 5.74) is 5.52. The highest BCUT2D eigenvalue weighted by Gasteiger charge is 2.59. The van der Waals surface area contributed by atoms with Gasteiger partial charge in [-0.3, -0.25) is 14.6 Å². The number of hydrogen-bond acceptors (Lipinski definition) is 5.